The summed E-state index contributed by atoms with van der Waals surface area (Å²) in [5, 5.41) is 7.53. The number of halogens is 2. The van der Waals surface area contributed by atoms with E-state index in [1.54, 1.807) is 36.5 Å². The van der Waals surface area contributed by atoms with Gasteiger partial charge in [0, 0.05) is 27.2 Å². The number of anilines is 1. The molecule has 2 heterocycles. The van der Waals surface area contributed by atoms with Crippen LogP contribution in [0.5, 0.6) is 0 Å². The predicted molar refractivity (Wildman–Crippen MR) is 156 cm³/mol. The molecule has 1 aromatic heterocycles. The van der Waals surface area contributed by atoms with Crippen molar-refractivity contribution in [1.82, 2.24) is 20.6 Å². The second kappa shape index (κ2) is 13.0. The van der Waals surface area contributed by atoms with Crippen LogP contribution in [-0.2, 0) is 22.4 Å². The number of rotatable bonds is 8. The molecule has 1 aliphatic heterocycles. The van der Waals surface area contributed by atoms with Crippen LogP contribution in [0.4, 0.5) is 5.82 Å². The molecule has 4 N–H and O–H groups in total. The van der Waals surface area contributed by atoms with Crippen LogP contribution in [0.25, 0.3) is 11.3 Å². The van der Waals surface area contributed by atoms with Gasteiger partial charge in [0.2, 0.25) is 0 Å². The monoisotopic (exact) mass is 581 g/mol. The first-order chi connectivity index (χ1) is 19.4. The predicted octanol–water partition coefficient (Wildman–Crippen LogP) is 5.15. The Bertz CT molecular complexity index is 1360. The summed E-state index contributed by atoms with van der Waals surface area (Å²) in [6.07, 6.45) is 8.02. The van der Waals surface area contributed by atoms with Crippen LogP contribution in [0, 0.1) is 0 Å². The van der Waals surface area contributed by atoms with Gasteiger partial charge >= 0.3 is 5.97 Å². The first kappa shape index (κ1) is 28.3. The molecule has 0 radical (unpaired) electrons. The highest BCUT2D eigenvalue weighted by Crippen LogP contribution is 2.27. The summed E-state index contributed by atoms with van der Waals surface area (Å²) in [7, 11) is 0. The highest BCUT2D eigenvalue weighted by atomic mass is 35.5. The van der Waals surface area contributed by atoms with Crippen molar-refractivity contribution in [3.8, 4) is 11.3 Å². The fraction of sp³-hybridized carbons (Fsp3) is 0.400. The third-order valence-electron chi connectivity index (χ3n) is 7.58. The van der Waals surface area contributed by atoms with Crippen LogP contribution in [0.2, 0.25) is 10.0 Å². The summed E-state index contributed by atoms with van der Waals surface area (Å²) in [5.74, 6) is -0.0798. The molecule has 210 valence electrons. The van der Waals surface area contributed by atoms with Gasteiger partial charge in [0.1, 0.15) is 18.0 Å². The fourth-order valence-electron chi connectivity index (χ4n) is 5.34. The number of benzene rings is 2. The number of amides is 1. The van der Waals surface area contributed by atoms with Gasteiger partial charge in [-0.05, 0) is 87.7 Å². The molecule has 8 nitrogen and oxygen atoms in total. The highest BCUT2D eigenvalue weighted by Gasteiger charge is 2.31. The number of nitrogen functional groups attached to an aromatic ring is 1. The smallest absolute Gasteiger partial charge is 0.323 e. The maximum absolute atomic E-state index is 13.2. The number of nitrogens with zero attached hydrogens (tertiary/aromatic N) is 2. The quantitative estimate of drug-likeness (QED) is 0.314. The van der Waals surface area contributed by atoms with Gasteiger partial charge in [-0.2, -0.15) is 0 Å². The Balaban J connectivity index is 1.23. The molecular formula is C30H33Cl2N5O3. The third-order valence-corrected chi connectivity index (χ3v) is 8.29. The number of hydrogen-bond donors (Lipinski definition) is 3. The summed E-state index contributed by atoms with van der Waals surface area (Å²) in [5.41, 5.74) is 9.46. The summed E-state index contributed by atoms with van der Waals surface area (Å²) in [6, 6.07) is 12.1. The number of carbonyl (C=O) groups is 2. The van der Waals surface area contributed by atoms with Crippen molar-refractivity contribution in [3.63, 3.8) is 0 Å². The summed E-state index contributed by atoms with van der Waals surface area (Å²) in [6.45, 7) is 0.638. The van der Waals surface area contributed by atoms with E-state index in [4.69, 9.17) is 38.7 Å². The Morgan fingerprint density at radius 2 is 1.80 bits per heavy atom. The standard InChI is InChI=1S/C30H33Cl2N5O3/c31-23-9-4-10-24(32)22(23)11-12-25-28(33)35-17-27(37-25)18-5-3-6-19(15-18)29(38)36-20-13-14-34-26(16-20)30(39)40-21-7-1-2-8-21/h3-6,9-10,15,17,20-21,26,34H,1-2,7-8,11-14,16H2,(H2,33,35)(H,36,38)/t20?,26-/m1/s1. The Morgan fingerprint density at radius 3 is 2.58 bits per heavy atom. The zero-order valence-corrected chi connectivity index (χ0v) is 23.7. The zero-order chi connectivity index (χ0) is 28.1. The molecule has 2 aliphatic rings. The lowest BCUT2D eigenvalue weighted by Crippen LogP contribution is -2.51. The first-order valence-electron chi connectivity index (χ1n) is 13.8. The number of aromatic nitrogens is 2. The van der Waals surface area contributed by atoms with Crippen LogP contribution in [0.1, 0.15) is 60.1 Å². The number of hydrogen-bond acceptors (Lipinski definition) is 7. The number of esters is 1. The van der Waals surface area contributed by atoms with E-state index in [2.05, 4.69) is 15.6 Å². The maximum atomic E-state index is 13.2. The average Bonchev–Trinajstić information content (AvgIpc) is 3.47. The van der Waals surface area contributed by atoms with E-state index < -0.39 is 6.04 Å². The summed E-state index contributed by atoms with van der Waals surface area (Å²) >= 11 is 12.6. The van der Waals surface area contributed by atoms with Gasteiger partial charge in [0.05, 0.1) is 17.6 Å². The van der Waals surface area contributed by atoms with Gasteiger partial charge in [-0.25, -0.2) is 9.97 Å². The van der Waals surface area contributed by atoms with Crippen LogP contribution >= 0.6 is 23.2 Å². The Kier molecular flexibility index (Phi) is 9.19. The van der Waals surface area contributed by atoms with E-state index >= 15 is 0 Å². The zero-order valence-electron chi connectivity index (χ0n) is 22.2. The van der Waals surface area contributed by atoms with Gasteiger partial charge in [0.25, 0.3) is 5.91 Å². The molecule has 1 amide bonds. The second-order valence-electron chi connectivity index (χ2n) is 10.4. The molecular weight excluding hydrogens is 549 g/mol. The molecule has 10 heteroatoms. The number of piperidine rings is 1. The second-order valence-corrected chi connectivity index (χ2v) is 11.2. The molecule has 2 fully saturated rings. The minimum absolute atomic E-state index is 0.0258. The minimum atomic E-state index is -0.407. The largest absolute Gasteiger partial charge is 0.461 e. The molecule has 0 spiro atoms. The Morgan fingerprint density at radius 1 is 1.05 bits per heavy atom. The number of aryl methyl sites for hydroxylation is 1. The molecule has 3 aromatic rings. The SMILES string of the molecule is Nc1ncc(-c2cccc(C(=O)NC3CCN[C@@H](C(=O)OC4CCCC4)C3)c2)nc1CCc1c(Cl)cccc1Cl. The van der Waals surface area contributed by atoms with Crippen molar-refractivity contribution in [1.29, 1.82) is 0 Å². The van der Waals surface area contributed by atoms with Gasteiger partial charge in [-0.15, -0.1) is 0 Å². The molecule has 0 bridgehead atoms. The van der Waals surface area contributed by atoms with Crippen LogP contribution in [-0.4, -0.2) is 46.6 Å². The number of nitrogens with two attached hydrogens (primary N) is 1. The van der Waals surface area contributed by atoms with E-state index in [1.165, 1.54) is 0 Å². The molecule has 2 atom stereocenters. The van der Waals surface area contributed by atoms with Crippen LogP contribution in [0.15, 0.2) is 48.7 Å². The lowest BCUT2D eigenvalue weighted by molar-refractivity contribution is -0.152. The molecule has 1 unspecified atom stereocenters. The minimum Gasteiger partial charge on any atom is -0.461 e. The lowest BCUT2D eigenvalue weighted by atomic mass is 9.98. The van der Waals surface area contributed by atoms with Crippen molar-refractivity contribution in [2.45, 2.75) is 69.6 Å². The third kappa shape index (κ3) is 6.92. The van der Waals surface area contributed by atoms with Crippen molar-refractivity contribution in [2.75, 3.05) is 12.3 Å². The van der Waals surface area contributed by atoms with Crippen molar-refractivity contribution >= 4 is 40.9 Å². The topological polar surface area (TPSA) is 119 Å². The number of ether oxygens (including phenoxy) is 1. The summed E-state index contributed by atoms with van der Waals surface area (Å²) in [4.78, 5) is 34.9. The number of carbonyl (C=O) groups excluding carboxylic acids is 2. The van der Waals surface area contributed by atoms with E-state index in [1.807, 2.05) is 12.1 Å². The molecule has 2 aromatic carbocycles. The van der Waals surface area contributed by atoms with Crippen LogP contribution < -0.4 is 16.4 Å². The highest BCUT2D eigenvalue weighted by molar-refractivity contribution is 6.36. The van der Waals surface area contributed by atoms with Crippen molar-refractivity contribution in [2.24, 2.45) is 0 Å². The van der Waals surface area contributed by atoms with Gasteiger partial charge in [-0.3, -0.25) is 9.59 Å². The molecule has 1 saturated heterocycles. The first-order valence-corrected chi connectivity index (χ1v) is 14.5. The normalized spacial score (nSPS) is 19.4. The van der Waals surface area contributed by atoms with Gasteiger partial charge in [-0.1, -0.05) is 41.4 Å². The van der Waals surface area contributed by atoms with Crippen molar-refractivity contribution < 1.29 is 14.3 Å². The van der Waals surface area contributed by atoms with Gasteiger partial charge < -0.3 is 21.1 Å². The number of nitrogens with one attached hydrogen (secondary N) is 2. The average molecular weight is 583 g/mol. The van der Waals surface area contributed by atoms with E-state index in [0.29, 0.717) is 58.6 Å². The van der Waals surface area contributed by atoms with Gasteiger partial charge in [0.15, 0.2) is 0 Å². The molecule has 40 heavy (non-hydrogen) atoms. The molecule has 5 rings (SSSR count). The van der Waals surface area contributed by atoms with Crippen molar-refractivity contribution in [3.05, 3.63) is 75.5 Å². The summed E-state index contributed by atoms with van der Waals surface area (Å²) < 4.78 is 5.68. The lowest BCUT2D eigenvalue weighted by Gasteiger charge is -2.30. The van der Waals surface area contributed by atoms with Crippen LogP contribution in [0.3, 0.4) is 0 Å². The fourth-order valence-corrected chi connectivity index (χ4v) is 5.93. The Labute approximate surface area is 244 Å². The molecule has 1 saturated carbocycles. The molecule has 1 aliphatic carbocycles. The van der Waals surface area contributed by atoms with E-state index in [9.17, 15) is 9.59 Å². The Hall–Kier alpha value is -3.20. The maximum Gasteiger partial charge on any atom is 0.323 e. The van der Waals surface area contributed by atoms with E-state index in [-0.39, 0.29) is 24.0 Å². The van der Waals surface area contributed by atoms with E-state index in [0.717, 1.165) is 43.2 Å².